The molecule has 0 aromatic heterocycles. The molecule has 0 aliphatic heterocycles. The Bertz CT molecular complexity index is 765. The van der Waals surface area contributed by atoms with Gasteiger partial charge in [0.05, 0.1) is 11.7 Å². The first-order chi connectivity index (χ1) is 12.5. The van der Waals surface area contributed by atoms with Gasteiger partial charge >= 0.3 is 0 Å². The molecule has 0 saturated carbocycles. The first-order valence-electron chi connectivity index (χ1n) is 8.39. The number of aliphatic hydroxyl groups is 1. The van der Waals surface area contributed by atoms with Gasteiger partial charge in [0, 0.05) is 37.0 Å². The number of carbonyl (C=O) groups is 2. The van der Waals surface area contributed by atoms with E-state index in [2.05, 4.69) is 0 Å². The highest BCUT2D eigenvalue weighted by molar-refractivity contribution is 6.28. The van der Waals surface area contributed by atoms with E-state index in [9.17, 15) is 14.7 Å². The predicted molar refractivity (Wildman–Crippen MR) is 91.5 cm³/mol. The van der Waals surface area contributed by atoms with Crippen molar-refractivity contribution in [2.45, 2.75) is 25.9 Å². The summed E-state index contributed by atoms with van der Waals surface area (Å²) in [4.78, 5) is 26.1. The second-order valence-electron chi connectivity index (χ2n) is 6.56. The second-order valence-corrected chi connectivity index (χ2v) is 6.56. The van der Waals surface area contributed by atoms with Gasteiger partial charge in [-0.2, -0.15) is 0 Å². The Balaban J connectivity index is 2.12. The number of fused-ring (bicyclic) bond motifs is 1. The summed E-state index contributed by atoms with van der Waals surface area (Å²) in [6, 6.07) is 3.04. The Morgan fingerprint density at radius 1 is 1.08 bits per heavy atom. The van der Waals surface area contributed by atoms with Crippen molar-refractivity contribution >= 4 is 11.6 Å². The van der Waals surface area contributed by atoms with Crippen molar-refractivity contribution in [1.29, 1.82) is 0 Å². The molecule has 2 aliphatic carbocycles. The van der Waals surface area contributed by atoms with Crippen LogP contribution in [-0.2, 0) is 9.47 Å². The van der Waals surface area contributed by atoms with Crippen LogP contribution in [0.1, 0.15) is 40.5 Å². The number of rotatable bonds is 6. The van der Waals surface area contributed by atoms with Crippen molar-refractivity contribution < 1.29 is 33.6 Å². The Hall–Kier alpha value is -2.22. The molecule has 7 nitrogen and oxygen atoms in total. The zero-order valence-corrected chi connectivity index (χ0v) is 15.0. The van der Waals surface area contributed by atoms with Crippen LogP contribution in [0.4, 0.5) is 0 Å². The molecule has 0 unspecified atom stereocenters. The fourth-order valence-corrected chi connectivity index (χ4v) is 3.49. The van der Waals surface area contributed by atoms with Crippen LogP contribution in [0.5, 0.6) is 11.5 Å². The molecule has 1 aromatic rings. The van der Waals surface area contributed by atoms with E-state index in [0.717, 1.165) is 0 Å². The van der Waals surface area contributed by atoms with Crippen molar-refractivity contribution in [2.75, 3.05) is 27.8 Å². The Labute approximate surface area is 151 Å². The summed E-state index contributed by atoms with van der Waals surface area (Å²) in [7, 11) is 2.94. The van der Waals surface area contributed by atoms with Gasteiger partial charge in [0.25, 0.3) is 0 Å². The third-order valence-corrected chi connectivity index (χ3v) is 4.58. The lowest BCUT2D eigenvalue weighted by atomic mass is 9.73. The highest BCUT2D eigenvalue weighted by Crippen LogP contribution is 2.42. The van der Waals surface area contributed by atoms with Gasteiger partial charge in [-0.15, -0.1) is 0 Å². The topological polar surface area (TPSA) is 91.3 Å². The first-order valence-corrected chi connectivity index (χ1v) is 8.39. The molecular formula is C19H22O7. The summed E-state index contributed by atoms with van der Waals surface area (Å²) in [5.74, 6) is 0.0143. The number of hydrogen-bond acceptors (Lipinski definition) is 7. The molecule has 140 valence electrons. The van der Waals surface area contributed by atoms with Crippen molar-refractivity contribution in [2.24, 2.45) is 5.92 Å². The molecule has 7 heteroatoms. The number of carbonyl (C=O) groups excluding carboxylic acids is 2. The molecule has 0 amide bonds. The van der Waals surface area contributed by atoms with Gasteiger partial charge in [0.1, 0.15) is 11.5 Å². The minimum atomic E-state index is -0.946. The zero-order valence-electron chi connectivity index (χ0n) is 15.0. The molecule has 3 rings (SSSR count). The molecule has 26 heavy (non-hydrogen) atoms. The molecule has 0 bridgehead atoms. The zero-order chi connectivity index (χ0) is 18.8. The minimum Gasteiger partial charge on any atom is -0.467 e. The summed E-state index contributed by atoms with van der Waals surface area (Å²) in [6.45, 7) is 1.85. The average Bonchev–Trinajstić information content (AvgIpc) is 2.61. The quantitative estimate of drug-likeness (QED) is 0.775. The van der Waals surface area contributed by atoms with Crippen LogP contribution in [-0.4, -0.2) is 50.6 Å². The monoisotopic (exact) mass is 362 g/mol. The fourth-order valence-electron chi connectivity index (χ4n) is 3.49. The van der Waals surface area contributed by atoms with Crippen LogP contribution in [0.3, 0.4) is 0 Å². The van der Waals surface area contributed by atoms with E-state index >= 15 is 0 Å². The lowest BCUT2D eigenvalue weighted by Gasteiger charge is -2.32. The van der Waals surface area contributed by atoms with E-state index in [0.29, 0.717) is 24.2 Å². The van der Waals surface area contributed by atoms with Gasteiger partial charge in [0.15, 0.2) is 25.2 Å². The first kappa shape index (κ1) is 18.6. The van der Waals surface area contributed by atoms with Crippen LogP contribution in [0.25, 0.3) is 0 Å². The number of hydrogen-bond donors (Lipinski definition) is 1. The third kappa shape index (κ3) is 3.25. The lowest BCUT2D eigenvalue weighted by molar-refractivity contribution is 0.0452. The summed E-state index contributed by atoms with van der Waals surface area (Å²) in [5, 5.41) is 10.4. The highest BCUT2D eigenvalue weighted by Gasteiger charge is 2.41. The Morgan fingerprint density at radius 2 is 1.77 bits per heavy atom. The number of allylic oxidation sites excluding steroid dienone is 1. The number of ether oxygens (including phenoxy) is 4. The largest absolute Gasteiger partial charge is 0.467 e. The molecule has 0 radical (unpaired) electrons. The third-order valence-electron chi connectivity index (χ3n) is 4.58. The SMILES string of the molecule is COCOc1cc(OCOC)c2c(c1)C(=O)C1=C(C2=O)[C@H](O)C[C@H](C)C1. The molecule has 0 heterocycles. The summed E-state index contributed by atoms with van der Waals surface area (Å²) in [5.41, 5.74) is 0.933. The maximum absolute atomic E-state index is 13.1. The number of methoxy groups -OCH3 is 2. The minimum absolute atomic E-state index is 0.00562. The van der Waals surface area contributed by atoms with Crippen molar-refractivity contribution in [3.8, 4) is 11.5 Å². The summed E-state index contributed by atoms with van der Waals surface area (Å²) < 4.78 is 20.7. The highest BCUT2D eigenvalue weighted by atomic mass is 16.7. The number of ketones is 2. The van der Waals surface area contributed by atoms with Crippen LogP contribution in [0.2, 0.25) is 0 Å². The van der Waals surface area contributed by atoms with E-state index in [1.807, 2.05) is 6.92 Å². The van der Waals surface area contributed by atoms with Crippen LogP contribution in [0, 0.1) is 5.92 Å². The number of benzene rings is 1. The van der Waals surface area contributed by atoms with Crippen molar-refractivity contribution in [3.63, 3.8) is 0 Å². The number of aliphatic hydroxyl groups excluding tert-OH is 1. The van der Waals surface area contributed by atoms with Gasteiger partial charge in [-0.1, -0.05) is 6.92 Å². The maximum Gasteiger partial charge on any atom is 0.196 e. The van der Waals surface area contributed by atoms with E-state index in [4.69, 9.17) is 18.9 Å². The standard InChI is InChI=1S/C19H22O7/c1-10-4-12-16(14(20)5-10)19(22)17-13(18(12)21)6-11(25-8-23-2)7-15(17)26-9-24-3/h6-7,10,14,20H,4-5,8-9H2,1-3H3/t10-,14-/m1/s1. The molecule has 1 N–H and O–H groups in total. The molecule has 0 saturated heterocycles. The normalized spacial score (nSPS) is 22.2. The predicted octanol–water partition coefficient (Wildman–Crippen LogP) is 2.12. The van der Waals surface area contributed by atoms with Crippen LogP contribution >= 0.6 is 0 Å². The van der Waals surface area contributed by atoms with Crippen molar-refractivity contribution in [3.05, 3.63) is 34.4 Å². The van der Waals surface area contributed by atoms with E-state index in [-0.39, 0.29) is 53.5 Å². The molecule has 2 atom stereocenters. The molecule has 0 fully saturated rings. The van der Waals surface area contributed by atoms with E-state index in [1.165, 1.54) is 26.4 Å². The molecule has 0 spiro atoms. The summed E-state index contributed by atoms with van der Waals surface area (Å²) in [6.07, 6.45) is -0.0253. The van der Waals surface area contributed by atoms with Crippen molar-refractivity contribution in [1.82, 2.24) is 0 Å². The Morgan fingerprint density at radius 3 is 2.46 bits per heavy atom. The average molecular weight is 362 g/mol. The second kappa shape index (κ2) is 7.57. The lowest BCUT2D eigenvalue weighted by Crippen LogP contribution is -2.34. The van der Waals surface area contributed by atoms with E-state index < -0.39 is 6.10 Å². The molecular weight excluding hydrogens is 340 g/mol. The molecule has 1 aromatic carbocycles. The summed E-state index contributed by atoms with van der Waals surface area (Å²) >= 11 is 0. The van der Waals surface area contributed by atoms with Crippen LogP contribution < -0.4 is 9.47 Å². The van der Waals surface area contributed by atoms with Gasteiger partial charge < -0.3 is 24.1 Å². The van der Waals surface area contributed by atoms with E-state index in [1.54, 1.807) is 0 Å². The van der Waals surface area contributed by atoms with Gasteiger partial charge in [-0.3, -0.25) is 9.59 Å². The smallest absolute Gasteiger partial charge is 0.196 e. The van der Waals surface area contributed by atoms with Gasteiger partial charge in [-0.05, 0) is 24.8 Å². The number of Topliss-reactive ketones (excluding diaryl/α,β-unsaturated/α-hetero) is 2. The fraction of sp³-hybridized carbons (Fsp3) is 0.474. The van der Waals surface area contributed by atoms with Gasteiger partial charge in [0.2, 0.25) is 0 Å². The molecule has 2 aliphatic rings. The van der Waals surface area contributed by atoms with Gasteiger partial charge in [-0.25, -0.2) is 0 Å². The maximum atomic E-state index is 13.1. The van der Waals surface area contributed by atoms with Crippen LogP contribution in [0.15, 0.2) is 23.3 Å². The Kier molecular flexibility index (Phi) is 5.41.